The highest BCUT2D eigenvalue weighted by atomic mass is 35.5. The fraction of sp³-hybridized carbons (Fsp3) is 0.533. The number of halogens is 1. The molecule has 0 radical (unpaired) electrons. The molecule has 1 aromatic carbocycles. The third kappa shape index (κ3) is 9.18. The number of nitrogens with zero attached hydrogens (tertiary/aromatic N) is 3. The summed E-state index contributed by atoms with van der Waals surface area (Å²) in [5.74, 6) is -0.757. The number of thiazole rings is 1. The van der Waals surface area contributed by atoms with E-state index in [1.165, 1.54) is 34.9 Å². The number of carbonyl (C=O) groups excluding carboxylic acids is 2. The summed E-state index contributed by atoms with van der Waals surface area (Å²) in [6.45, 7) is 5.49. The molecule has 0 aliphatic heterocycles. The summed E-state index contributed by atoms with van der Waals surface area (Å²) >= 11 is 7.26. The number of hydrogen-bond acceptors (Lipinski definition) is 9. The molecule has 1 saturated carbocycles. The Bertz CT molecular complexity index is 1520. The lowest BCUT2D eigenvalue weighted by Gasteiger charge is -2.24. The molecule has 2 heterocycles. The van der Waals surface area contributed by atoms with Gasteiger partial charge in [0.15, 0.2) is 5.13 Å². The number of hydrogen-bond donors (Lipinski definition) is 1. The third-order valence-corrected chi connectivity index (χ3v) is 10.3. The fourth-order valence-corrected chi connectivity index (χ4v) is 7.65. The maximum absolute atomic E-state index is 13.6. The van der Waals surface area contributed by atoms with Crippen LogP contribution in [-0.4, -0.2) is 67.0 Å². The van der Waals surface area contributed by atoms with E-state index in [0.29, 0.717) is 33.0 Å². The highest BCUT2D eigenvalue weighted by Crippen LogP contribution is 2.36. The zero-order chi connectivity index (χ0) is 31.2. The minimum absolute atomic E-state index is 0.0443. The molecule has 1 fully saturated rings. The van der Waals surface area contributed by atoms with Crippen LogP contribution < -0.4 is 5.32 Å². The van der Waals surface area contributed by atoms with Crippen molar-refractivity contribution in [2.45, 2.75) is 75.7 Å². The Morgan fingerprint density at radius 3 is 2.44 bits per heavy atom. The molecular weight excluding hydrogens is 612 g/mol. The van der Waals surface area contributed by atoms with Crippen LogP contribution in [0, 0.1) is 5.92 Å². The van der Waals surface area contributed by atoms with E-state index >= 15 is 0 Å². The number of pyridine rings is 1. The van der Waals surface area contributed by atoms with Crippen molar-refractivity contribution in [3.63, 3.8) is 0 Å². The second-order valence-electron chi connectivity index (χ2n) is 11.7. The first-order valence-corrected chi connectivity index (χ1v) is 17.0. The summed E-state index contributed by atoms with van der Waals surface area (Å²) < 4.78 is 38.9. The van der Waals surface area contributed by atoms with Gasteiger partial charge in [0.1, 0.15) is 21.1 Å². The normalized spacial score (nSPS) is 15.2. The number of methoxy groups -OCH3 is 1. The molecule has 0 bridgehead atoms. The van der Waals surface area contributed by atoms with E-state index in [1.54, 1.807) is 45.0 Å². The van der Waals surface area contributed by atoms with Crippen LogP contribution in [0.5, 0.6) is 0 Å². The van der Waals surface area contributed by atoms with E-state index in [0.717, 1.165) is 31.2 Å². The number of fused-ring (bicyclic) bond motifs is 1. The van der Waals surface area contributed by atoms with E-state index < -0.39 is 27.5 Å². The van der Waals surface area contributed by atoms with Gasteiger partial charge in [-0.1, -0.05) is 60.8 Å². The quantitative estimate of drug-likeness (QED) is 0.176. The minimum atomic E-state index is -3.95. The summed E-state index contributed by atoms with van der Waals surface area (Å²) in [4.78, 5) is 35.4. The maximum Gasteiger partial charge on any atom is 0.307 e. The van der Waals surface area contributed by atoms with Gasteiger partial charge >= 0.3 is 5.97 Å². The van der Waals surface area contributed by atoms with Crippen molar-refractivity contribution >= 4 is 60.3 Å². The molecule has 3 aromatic rings. The van der Waals surface area contributed by atoms with Gasteiger partial charge in [0.2, 0.25) is 15.9 Å². The lowest BCUT2D eigenvalue weighted by atomic mass is 9.87. The largest absolute Gasteiger partial charge is 0.460 e. The van der Waals surface area contributed by atoms with Crippen molar-refractivity contribution in [1.82, 2.24) is 14.3 Å². The van der Waals surface area contributed by atoms with Gasteiger partial charge in [-0.15, -0.1) is 0 Å². The van der Waals surface area contributed by atoms with Crippen molar-refractivity contribution in [3.05, 3.63) is 47.1 Å². The molecule has 0 spiro atoms. The topological polar surface area (TPSA) is 128 Å². The van der Waals surface area contributed by atoms with E-state index in [1.807, 2.05) is 0 Å². The number of carbonyl (C=O) groups is 2. The molecule has 2 aromatic heterocycles. The monoisotopic (exact) mass is 650 g/mol. The van der Waals surface area contributed by atoms with Gasteiger partial charge in [0.25, 0.3) is 0 Å². The average molecular weight is 651 g/mol. The van der Waals surface area contributed by atoms with Crippen LogP contribution in [0.4, 0.5) is 5.13 Å². The first kappa shape index (κ1) is 33.3. The predicted octanol–water partition coefficient (Wildman–Crippen LogP) is 6.02. The second kappa shape index (κ2) is 14.4. The van der Waals surface area contributed by atoms with Crippen molar-refractivity contribution in [2.24, 2.45) is 5.92 Å². The second-order valence-corrected chi connectivity index (χ2v) is 15.0. The molecule has 1 aliphatic carbocycles. The zero-order valence-electron chi connectivity index (χ0n) is 25.0. The number of sulfonamides is 1. The molecule has 1 aliphatic rings. The Morgan fingerprint density at radius 2 is 1.79 bits per heavy atom. The number of nitrogens with one attached hydrogen (secondary N) is 1. The highest BCUT2D eigenvalue weighted by molar-refractivity contribution is 7.89. The third-order valence-electron chi connectivity index (χ3n) is 7.26. The summed E-state index contributed by atoms with van der Waals surface area (Å²) in [7, 11) is -2.46. The molecule has 4 rings (SSSR count). The Morgan fingerprint density at radius 1 is 1.09 bits per heavy atom. The van der Waals surface area contributed by atoms with Crippen LogP contribution in [-0.2, 0) is 29.1 Å². The summed E-state index contributed by atoms with van der Waals surface area (Å²) in [5, 5.41) is 3.74. The molecule has 1 atom stereocenters. The Kier molecular flexibility index (Phi) is 11.2. The average Bonchev–Trinajstić information content (AvgIpc) is 3.59. The van der Waals surface area contributed by atoms with Crippen LogP contribution >= 0.6 is 22.9 Å². The molecule has 10 nitrogen and oxygen atoms in total. The van der Waals surface area contributed by atoms with Crippen LogP contribution in [0.15, 0.2) is 41.3 Å². The number of aromatic nitrogens is 2. The smallest absolute Gasteiger partial charge is 0.307 e. The van der Waals surface area contributed by atoms with Crippen LogP contribution in [0.1, 0.15) is 70.8 Å². The van der Waals surface area contributed by atoms with Crippen LogP contribution in [0.3, 0.4) is 0 Å². The predicted molar refractivity (Wildman–Crippen MR) is 168 cm³/mol. The number of esters is 1. The van der Waals surface area contributed by atoms with Gasteiger partial charge in [-0.2, -0.15) is 4.31 Å². The molecule has 13 heteroatoms. The van der Waals surface area contributed by atoms with E-state index in [9.17, 15) is 18.0 Å². The molecule has 1 amide bonds. The molecule has 1 N–H and O–H groups in total. The summed E-state index contributed by atoms with van der Waals surface area (Å²) in [6.07, 6.45) is 4.97. The van der Waals surface area contributed by atoms with Crippen molar-refractivity contribution in [1.29, 1.82) is 0 Å². The van der Waals surface area contributed by atoms with Gasteiger partial charge in [-0.25, -0.2) is 18.4 Å². The van der Waals surface area contributed by atoms with E-state index in [2.05, 4.69) is 15.3 Å². The number of amides is 1. The summed E-state index contributed by atoms with van der Waals surface area (Å²) in [5.41, 5.74) is 0.710. The van der Waals surface area contributed by atoms with E-state index in [4.69, 9.17) is 21.1 Å². The molecule has 234 valence electrons. The number of anilines is 1. The van der Waals surface area contributed by atoms with E-state index in [-0.39, 0.29) is 36.9 Å². The minimum Gasteiger partial charge on any atom is -0.460 e. The van der Waals surface area contributed by atoms with Crippen LogP contribution in [0.2, 0.25) is 5.15 Å². The first-order chi connectivity index (χ1) is 20.4. The lowest BCUT2D eigenvalue weighted by molar-refractivity contribution is -0.154. The summed E-state index contributed by atoms with van der Waals surface area (Å²) in [6, 6.07) is 9.87. The van der Waals surface area contributed by atoms with Crippen molar-refractivity contribution in [3.8, 4) is 0 Å². The van der Waals surface area contributed by atoms with Crippen molar-refractivity contribution < 1.29 is 27.5 Å². The Labute approximate surface area is 262 Å². The number of benzene rings is 1. The molecule has 43 heavy (non-hydrogen) atoms. The molecular formula is C30H39ClN4O6S2. The fourth-order valence-electron chi connectivity index (χ4n) is 5.19. The Balaban J connectivity index is 1.53. The Hall–Kier alpha value is -2.64. The molecule has 1 unspecified atom stereocenters. The SMILES string of the molecule is COCCN(CCC(=O)OC(C)(C)C)S(=O)(=O)c1ccc(C(CC2CCCC2)C(=O)Nc2nc3ccc(Cl)nc3s2)cc1. The lowest BCUT2D eigenvalue weighted by Crippen LogP contribution is -2.36. The van der Waals surface area contributed by atoms with Gasteiger partial charge < -0.3 is 14.8 Å². The highest BCUT2D eigenvalue weighted by Gasteiger charge is 2.30. The first-order valence-electron chi connectivity index (χ1n) is 14.4. The van der Waals surface area contributed by atoms with Crippen molar-refractivity contribution in [2.75, 3.05) is 32.1 Å². The zero-order valence-corrected chi connectivity index (χ0v) is 27.4. The van der Waals surface area contributed by atoms with Crippen LogP contribution in [0.25, 0.3) is 10.3 Å². The van der Waals surface area contributed by atoms with Gasteiger partial charge in [-0.3, -0.25) is 9.59 Å². The number of rotatable bonds is 13. The number of ether oxygens (including phenoxy) is 2. The maximum atomic E-state index is 13.6. The standard InChI is InChI=1S/C30H39ClN4O6S2/c1-30(2,3)41-26(36)15-16-35(17-18-40-4)43(38,39)22-11-9-21(10-12-22)23(19-20-7-5-6-8-20)27(37)34-29-32-24-13-14-25(31)33-28(24)42-29/h9-14,20,23H,5-8,15-19H2,1-4H3,(H,32,34,37). The van der Waals surface area contributed by atoms with Gasteiger partial charge in [0.05, 0.1) is 23.8 Å². The van der Waals surface area contributed by atoms with Gasteiger partial charge in [0, 0.05) is 20.2 Å². The van der Waals surface area contributed by atoms with Gasteiger partial charge in [-0.05, 0) is 62.9 Å². The molecule has 0 saturated heterocycles.